The van der Waals surface area contributed by atoms with Crippen molar-refractivity contribution in [3.63, 3.8) is 0 Å². The standard InChI is InChI=1S/C18H26N2/c1-4-5-7-12-17(19)15(3)18(20)13-14(2)16-10-8-6-9-11-16/h4,6,8-12,14,18H,1,3,5,7,13,19-20H2,2H3/b17-12+. The predicted molar refractivity (Wildman–Crippen MR) is 88.3 cm³/mol. The highest BCUT2D eigenvalue weighted by molar-refractivity contribution is 5.30. The molecule has 20 heavy (non-hydrogen) atoms. The first kappa shape index (κ1) is 16.3. The molecule has 0 fully saturated rings. The van der Waals surface area contributed by atoms with Crippen molar-refractivity contribution in [2.45, 2.75) is 38.1 Å². The molecule has 0 heterocycles. The van der Waals surface area contributed by atoms with Crippen molar-refractivity contribution >= 4 is 0 Å². The second-order valence-electron chi connectivity index (χ2n) is 5.20. The van der Waals surface area contributed by atoms with E-state index in [0.717, 1.165) is 24.8 Å². The average molecular weight is 270 g/mol. The summed E-state index contributed by atoms with van der Waals surface area (Å²) in [7, 11) is 0. The Morgan fingerprint density at radius 2 is 1.90 bits per heavy atom. The van der Waals surface area contributed by atoms with Gasteiger partial charge in [0.05, 0.1) is 0 Å². The van der Waals surface area contributed by atoms with E-state index in [0.29, 0.717) is 11.6 Å². The van der Waals surface area contributed by atoms with Crippen LogP contribution < -0.4 is 11.5 Å². The summed E-state index contributed by atoms with van der Waals surface area (Å²) in [5.41, 5.74) is 15.1. The third-order valence-corrected chi connectivity index (χ3v) is 3.53. The lowest BCUT2D eigenvalue weighted by molar-refractivity contribution is 0.605. The van der Waals surface area contributed by atoms with Crippen molar-refractivity contribution in [1.82, 2.24) is 0 Å². The predicted octanol–water partition coefficient (Wildman–Crippen LogP) is 3.87. The summed E-state index contributed by atoms with van der Waals surface area (Å²) < 4.78 is 0. The van der Waals surface area contributed by atoms with E-state index < -0.39 is 0 Å². The molecule has 0 spiro atoms. The number of rotatable bonds is 8. The van der Waals surface area contributed by atoms with Crippen molar-refractivity contribution in [2.75, 3.05) is 0 Å². The lowest BCUT2D eigenvalue weighted by Gasteiger charge is -2.20. The van der Waals surface area contributed by atoms with Crippen LogP contribution in [-0.2, 0) is 0 Å². The number of unbranched alkanes of at least 4 members (excludes halogenated alkanes) is 1. The molecule has 0 radical (unpaired) electrons. The van der Waals surface area contributed by atoms with E-state index in [9.17, 15) is 0 Å². The van der Waals surface area contributed by atoms with Gasteiger partial charge in [-0.3, -0.25) is 0 Å². The van der Waals surface area contributed by atoms with Gasteiger partial charge in [0, 0.05) is 11.7 Å². The number of hydrogen-bond donors (Lipinski definition) is 2. The van der Waals surface area contributed by atoms with Crippen LogP contribution in [0.25, 0.3) is 0 Å². The molecule has 1 aromatic carbocycles. The summed E-state index contributed by atoms with van der Waals surface area (Å²) >= 11 is 0. The van der Waals surface area contributed by atoms with Gasteiger partial charge < -0.3 is 11.5 Å². The molecule has 108 valence electrons. The van der Waals surface area contributed by atoms with E-state index in [1.165, 1.54) is 5.56 Å². The normalized spacial score (nSPS) is 14.6. The minimum atomic E-state index is -0.106. The molecule has 2 nitrogen and oxygen atoms in total. The molecule has 1 rings (SSSR count). The molecule has 0 saturated carbocycles. The first-order chi connectivity index (χ1) is 9.56. The van der Waals surface area contributed by atoms with Crippen LogP contribution in [0.3, 0.4) is 0 Å². The summed E-state index contributed by atoms with van der Waals surface area (Å²) in [4.78, 5) is 0. The van der Waals surface area contributed by atoms with Gasteiger partial charge in [-0.1, -0.05) is 56.0 Å². The molecule has 4 N–H and O–H groups in total. The van der Waals surface area contributed by atoms with Crippen LogP contribution in [0.2, 0.25) is 0 Å². The molecule has 2 unspecified atom stereocenters. The Hall–Kier alpha value is -1.80. The number of allylic oxidation sites excluding steroid dienone is 2. The SMILES string of the molecule is C=CCC/C=C(/N)C(=C)C(N)CC(C)c1ccccc1. The topological polar surface area (TPSA) is 52.0 Å². The van der Waals surface area contributed by atoms with Crippen LogP contribution in [0.4, 0.5) is 0 Å². The Balaban J connectivity index is 2.57. The van der Waals surface area contributed by atoms with Gasteiger partial charge in [0.15, 0.2) is 0 Å². The van der Waals surface area contributed by atoms with E-state index in [-0.39, 0.29) is 6.04 Å². The van der Waals surface area contributed by atoms with Crippen molar-refractivity contribution in [2.24, 2.45) is 11.5 Å². The van der Waals surface area contributed by atoms with Crippen molar-refractivity contribution in [1.29, 1.82) is 0 Å². The fourth-order valence-corrected chi connectivity index (χ4v) is 2.14. The molecule has 0 aliphatic heterocycles. The Kier molecular flexibility index (Phi) is 6.82. The molecule has 0 aromatic heterocycles. The fraction of sp³-hybridized carbons (Fsp3) is 0.333. The summed E-state index contributed by atoms with van der Waals surface area (Å²) in [6.07, 6.45) is 6.51. The first-order valence-electron chi connectivity index (χ1n) is 7.12. The van der Waals surface area contributed by atoms with E-state index in [1.807, 2.05) is 18.2 Å². The number of benzene rings is 1. The second-order valence-corrected chi connectivity index (χ2v) is 5.20. The maximum atomic E-state index is 6.22. The quantitative estimate of drug-likeness (QED) is 0.428. The van der Waals surface area contributed by atoms with Crippen molar-refractivity contribution in [3.8, 4) is 0 Å². The highest BCUT2D eigenvalue weighted by atomic mass is 14.7. The van der Waals surface area contributed by atoms with Gasteiger partial charge in [-0.15, -0.1) is 6.58 Å². The van der Waals surface area contributed by atoms with Crippen LogP contribution in [-0.4, -0.2) is 6.04 Å². The van der Waals surface area contributed by atoms with Gasteiger partial charge in [0.25, 0.3) is 0 Å². The lowest BCUT2D eigenvalue weighted by Crippen LogP contribution is -2.27. The molecule has 2 atom stereocenters. The summed E-state index contributed by atoms with van der Waals surface area (Å²) in [6.45, 7) is 9.91. The highest BCUT2D eigenvalue weighted by Gasteiger charge is 2.14. The summed E-state index contributed by atoms with van der Waals surface area (Å²) in [5.74, 6) is 0.393. The van der Waals surface area contributed by atoms with Gasteiger partial charge in [0.2, 0.25) is 0 Å². The van der Waals surface area contributed by atoms with Crippen LogP contribution in [0.1, 0.15) is 37.7 Å². The van der Waals surface area contributed by atoms with Crippen LogP contribution >= 0.6 is 0 Å². The van der Waals surface area contributed by atoms with E-state index in [4.69, 9.17) is 11.5 Å². The lowest BCUT2D eigenvalue weighted by atomic mass is 9.90. The third kappa shape index (κ3) is 5.06. The first-order valence-corrected chi connectivity index (χ1v) is 7.12. The smallest absolute Gasteiger partial charge is 0.0316 e. The van der Waals surface area contributed by atoms with E-state index in [2.05, 4.69) is 44.3 Å². The number of nitrogens with two attached hydrogens (primary N) is 2. The number of hydrogen-bond acceptors (Lipinski definition) is 2. The minimum absolute atomic E-state index is 0.106. The van der Waals surface area contributed by atoms with Gasteiger partial charge >= 0.3 is 0 Å². The summed E-state index contributed by atoms with van der Waals surface area (Å²) in [5, 5.41) is 0. The van der Waals surface area contributed by atoms with Gasteiger partial charge in [-0.05, 0) is 36.3 Å². The van der Waals surface area contributed by atoms with Gasteiger partial charge in [0.1, 0.15) is 0 Å². The Morgan fingerprint density at radius 1 is 1.25 bits per heavy atom. The molecule has 0 aliphatic rings. The Labute approximate surface area is 122 Å². The zero-order chi connectivity index (χ0) is 15.0. The summed E-state index contributed by atoms with van der Waals surface area (Å²) in [6, 6.07) is 10.3. The van der Waals surface area contributed by atoms with Crippen molar-refractivity contribution in [3.05, 3.63) is 72.5 Å². The van der Waals surface area contributed by atoms with Crippen LogP contribution in [0.5, 0.6) is 0 Å². The molecule has 0 saturated heterocycles. The van der Waals surface area contributed by atoms with E-state index >= 15 is 0 Å². The molecule has 2 heteroatoms. The molecule has 1 aromatic rings. The van der Waals surface area contributed by atoms with Crippen LogP contribution in [0, 0.1) is 0 Å². The van der Waals surface area contributed by atoms with Gasteiger partial charge in [-0.25, -0.2) is 0 Å². The highest BCUT2D eigenvalue weighted by Crippen LogP contribution is 2.23. The monoisotopic (exact) mass is 270 g/mol. The Morgan fingerprint density at radius 3 is 2.50 bits per heavy atom. The Bertz CT molecular complexity index is 460. The minimum Gasteiger partial charge on any atom is -0.399 e. The third-order valence-electron chi connectivity index (χ3n) is 3.53. The molecule has 0 aliphatic carbocycles. The average Bonchev–Trinajstić information content (AvgIpc) is 2.47. The maximum absolute atomic E-state index is 6.22. The second kappa shape index (κ2) is 8.39. The van der Waals surface area contributed by atoms with Crippen molar-refractivity contribution < 1.29 is 0 Å². The molecule has 0 bridgehead atoms. The molecular formula is C18H26N2. The zero-order valence-corrected chi connectivity index (χ0v) is 12.4. The molecular weight excluding hydrogens is 244 g/mol. The largest absolute Gasteiger partial charge is 0.399 e. The maximum Gasteiger partial charge on any atom is 0.0316 e. The van der Waals surface area contributed by atoms with Gasteiger partial charge in [-0.2, -0.15) is 0 Å². The fourth-order valence-electron chi connectivity index (χ4n) is 2.14. The van der Waals surface area contributed by atoms with E-state index in [1.54, 1.807) is 0 Å². The zero-order valence-electron chi connectivity index (χ0n) is 12.4. The van der Waals surface area contributed by atoms with Crippen LogP contribution in [0.15, 0.2) is 66.9 Å². The molecule has 0 amide bonds.